The first-order valence-corrected chi connectivity index (χ1v) is 6.48. The van der Waals surface area contributed by atoms with Crippen LogP contribution in [0.5, 0.6) is 0 Å². The van der Waals surface area contributed by atoms with Crippen LogP contribution in [0.2, 0.25) is 0 Å². The normalized spacial score (nSPS) is 16.8. The number of ether oxygens (including phenoxy) is 1. The number of fused-ring (bicyclic) bond motifs is 1. The summed E-state index contributed by atoms with van der Waals surface area (Å²) in [6.07, 6.45) is 0. The minimum absolute atomic E-state index is 0.294. The Morgan fingerprint density at radius 1 is 1.32 bits per heavy atom. The van der Waals surface area contributed by atoms with Crippen molar-refractivity contribution < 1.29 is 4.74 Å². The topological polar surface area (TPSA) is 80.7 Å². The van der Waals surface area contributed by atoms with Gasteiger partial charge in [-0.1, -0.05) is 6.07 Å². The fraction of sp³-hybridized carbons (Fsp3) is 0.500. The molecule has 2 aromatic rings. The molecule has 2 aromatic heterocycles. The number of morpholine rings is 1. The average Bonchev–Trinajstić information content (AvgIpc) is 2.81. The van der Waals surface area contributed by atoms with Gasteiger partial charge < -0.3 is 15.8 Å². The van der Waals surface area contributed by atoms with E-state index in [1.54, 1.807) is 4.52 Å². The second-order valence-corrected chi connectivity index (χ2v) is 4.53. The molecule has 0 radical (unpaired) electrons. The molecule has 0 unspecified atom stereocenters. The van der Waals surface area contributed by atoms with Gasteiger partial charge in [-0.3, -0.25) is 4.90 Å². The maximum Gasteiger partial charge on any atom is 0.240 e. The average molecular weight is 262 g/mol. The van der Waals surface area contributed by atoms with Gasteiger partial charge in [0.25, 0.3) is 0 Å². The third kappa shape index (κ3) is 2.77. The van der Waals surface area contributed by atoms with E-state index in [1.807, 2.05) is 18.2 Å². The summed E-state index contributed by atoms with van der Waals surface area (Å²) in [6, 6.07) is 5.80. The summed E-state index contributed by atoms with van der Waals surface area (Å²) in [4.78, 5) is 6.52. The predicted molar refractivity (Wildman–Crippen MR) is 73.1 cm³/mol. The molecule has 0 aromatic carbocycles. The Balaban J connectivity index is 1.61. The van der Waals surface area contributed by atoms with Crippen molar-refractivity contribution in [2.24, 2.45) is 0 Å². The molecule has 3 heterocycles. The second-order valence-electron chi connectivity index (χ2n) is 4.53. The first-order valence-electron chi connectivity index (χ1n) is 6.48. The lowest BCUT2D eigenvalue weighted by molar-refractivity contribution is 0.0398. The number of nitrogens with zero attached hydrogens (tertiary/aromatic N) is 4. The van der Waals surface area contributed by atoms with Gasteiger partial charge in [-0.2, -0.15) is 9.50 Å². The molecule has 102 valence electrons. The van der Waals surface area contributed by atoms with Gasteiger partial charge in [0.15, 0.2) is 5.65 Å². The van der Waals surface area contributed by atoms with Crippen LogP contribution < -0.4 is 11.1 Å². The van der Waals surface area contributed by atoms with Crippen molar-refractivity contribution in [3.8, 4) is 0 Å². The van der Waals surface area contributed by atoms with Crippen molar-refractivity contribution >= 4 is 17.4 Å². The standard InChI is InChI=1S/C12H18N6O/c13-12-15-11-3-1-2-10(18(11)16-12)14-4-5-17-6-8-19-9-7-17/h1-3,14H,4-9H2,(H2,13,16). The molecule has 7 nitrogen and oxygen atoms in total. The van der Waals surface area contributed by atoms with E-state index in [0.717, 1.165) is 50.9 Å². The van der Waals surface area contributed by atoms with E-state index in [4.69, 9.17) is 10.5 Å². The van der Waals surface area contributed by atoms with Gasteiger partial charge in [0.1, 0.15) is 5.82 Å². The minimum Gasteiger partial charge on any atom is -0.379 e. The number of aromatic nitrogens is 3. The van der Waals surface area contributed by atoms with Crippen LogP contribution in [0.15, 0.2) is 18.2 Å². The summed E-state index contributed by atoms with van der Waals surface area (Å²) in [5.74, 6) is 1.21. The molecule has 0 bridgehead atoms. The largest absolute Gasteiger partial charge is 0.379 e. The van der Waals surface area contributed by atoms with Crippen LogP contribution in [0.25, 0.3) is 5.65 Å². The van der Waals surface area contributed by atoms with Gasteiger partial charge in [-0.15, -0.1) is 5.10 Å². The highest BCUT2D eigenvalue weighted by Crippen LogP contribution is 2.11. The predicted octanol–water partition coefficient (Wildman–Crippen LogP) is 0.0556. The van der Waals surface area contributed by atoms with Crippen LogP contribution in [0.3, 0.4) is 0 Å². The molecule has 3 N–H and O–H groups in total. The van der Waals surface area contributed by atoms with Crippen molar-refractivity contribution in [1.29, 1.82) is 0 Å². The summed E-state index contributed by atoms with van der Waals surface area (Å²) in [6.45, 7) is 5.51. The summed E-state index contributed by atoms with van der Waals surface area (Å²) in [7, 11) is 0. The number of hydrogen-bond acceptors (Lipinski definition) is 6. The molecule has 7 heteroatoms. The zero-order chi connectivity index (χ0) is 13.1. The molecule has 19 heavy (non-hydrogen) atoms. The lowest BCUT2D eigenvalue weighted by Gasteiger charge is -2.26. The molecule has 0 aliphatic carbocycles. The number of nitrogen functional groups attached to an aromatic ring is 1. The third-order valence-corrected chi connectivity index (χ3v) is 3.21. The highest BCUT2D eigenvalue weighted by Gasteiger charge is 2.10. The van der Waals surface area contributed by atoms with Crippen LogP contribution in [0.1, 0.15) is 0 Å². The molecule has 3 rings (SSSR count). The quantitative estimate of drug-likeness (QED) is 0.810. The molecule has 0 spiro atoms. The second kappa shape index (κ2) is 5.41. The maximum absolute atomic E-state index is 5.61. The van der Waals surface area contributed by atoms with E-state index >= 15 is 0 Å². The van der Waals surface area contributed by atoms with Crippen LogP contribution >= 0.6 is 0 Å². The zero-order valence-electron chi connectivity index (χ0n) is 10.7. The van der Waals surface area contributed by atoms with Gasteiger partial charge in [-0.05, 0) is 12.1 Å². The van der Waals surface area contributed by atoms with Gasteiger partial charge in [-0.25, -0.2) is 0 Å². The zero-order valence-corrected chi connectivity index (χ0v) is 10.7. The molecular formula is C12H18N6O. The van der Waals surface area contributed by atoms with Crippen LogP contribution in [-0.2, 0) is 4.74 Å². The Hall–Kier alpha value is -1.86. The minimum atomic E-state index is 0.294. The molecule has 1 saturated heterocycles. The molecule has 1 aliphatic rings. The van der Waals surface area contributed by atoms with Gasteiger partial charge in [0.05, 0.1) is 13.2 Å². The summed E-state index contributed by atoms with van der Waals surface area (Å²) in [5.41, 5.74) is 6.37. The molecule has 0 atom stereocenters. The van der Waals surface area contributed by atoms with Gasteiger partial charge in [0.2, 0.25) is 5.95 Å². The first kappa shape index (κ1) is 12.2. The Morgan fingerprint density at radius 2 is 2.16 bits per heavy atom. The van der Waals surface area contributed by atoms with E-state index < -0.39 is 0 Å². The third-order valence-electron chi connectivity index (χ3n) is 3.21. The number of hydrogen-bond donors (Lipinski definition) is 2. The highest BCUT2D eigenvalue weighted by molar-refractivity contribution is 5.50. The number of nitrogens with two attached hydrogens (primary N) is 1. The first-order chi connectivity index (χ1) is 9.33. The van der Waals surface area contributed by atoms with Crippen molar-refractivity contribution in [3.05, 3.63) is 18.2 Å². The molecule has 1 fully saturated rings. The number of nitrogens with one attached hydrogen (secondary N) is 1. The van der Waals surface area contributed by atoms with E-state index in [-0.39, 0.29) is 0 Å². The molecule has 0 saturated carbocycles. The van der Waals surface area contributed by atoms with E-state index in [2.05, 4.69) is 20.3 Å². The van der Waals surface area contributed by atoms with Crippen LogP contribution in [0.4, 0.5) is 11.8 Å². The van der Waals surface area contributed by atoms with Gasteiger partial charge >= 0.3 is 0 Å². The smallest absolute Gasteiger partial charge is 0.240 e. The van der Waals surface area contributed by atoms with Crippen molar-refractivity contribution in [3.63, 3.8) is 0 Å². The fourth-order valence-corrected chi connectivity index (χ4v) is 2.22. The summed E-state index contributed by atoms with van der Waals surface area (Å²) >= 11 is 0. The Kier molecular flexibility index (Phi) is 3.47. The highest BCUT2D eigenvalue weighted by atomic mass is 16.5. The Morgan fingerprint density at radius 3 is 3.00 bits per heavy atom. The molecule has 0 amide bonds. The Labute approximate surface area is 111 Å². The van der Waals surface area contributed by atoms with Crippen molar-refractivity contribution in [1.82, 2.24) is 19.5 Å². The summed E-state index contributed by atoms with van der Waals surface area (Å²) in [5, 5.41) is 7.54. The van der Waals surface area contributed by atoms with Crippen molar-refractivity contribution in [2.45, 2.75) is 0 Å². The van der Waals surface area contributed by atoms with Crippen molar-refractivity contribution in [2.75, 3.05) is 50.4 Å². The van der Waals surface area contributed by atoms with E-state index in [0.29, 0.717) is 5.95 Å². The van der Waals surface area contributed by atoms with E-state index in [1.165, 1.54) is 0 Å². The lowest BCUT2D eigenvalue weighted by atomic mass is 10.4. The monoisotopic (exact) mass is 262 g/mol. The number of pyridine rings is 1. The summed E-state index contributed by atoms with van der Waals surface area (Å²) < 4.78 is 7.06. The van der Waals surface area contributed by atoms with Crippen LogP contribution in [0, 0.1) is 0 Å². The molecular weight excluding hydrogens is 244 g/mol. The maximum atomic E-state index is 5.61. The number of anilines is 2. The fourth-order valence-electron chi connectivity index (χ4n) is 2.22. The Bertz CT molecular complexity index is 548. The van der Waals surface area contributed by atoms with E-state index in [9.17, 15) is 0 Å². The van der Waals surface area contributed by atoms with Crippen LogP contribution in [-0.4, -0.2) is 58.9 Å². The SMILES string of the molecule is Nc1nc2cccc(NCCN3CCOCC3)n2n1. The molecule has 1 aliphatic heterocycles. The lowest BCUT2D eigenvalue weighted by Crippen LogP contribution is -2.39. The number of rotatable bonds is 4. The van der Waals surface area contributed by atoms with Gasteiger partial charge in [0, 0.05) is 26.2 Å².